The topological polar surface area (TPSA) is 59.6 Å². The number of carbonyl (C=O) groups is 1. The quantitative estimate of drug-likeness (QED) is 0.529. The Kier molecular flexibility index (Phi) is 7.52. The summed E-state index contributed by atoms with van der Waals surface area (Å²) < 4.78 is 11.3. The third-order valence-electron chi connectivity index (χ3n) is 4.43. The third kappa shape index (κ3) is 6.28. The van der Waals surface area contributed by atoms with Crippen LogP contribution in [0.2, 0.25) is 0 Å². The molecule has 0 aliphatic rings. The van der Waals surface area contributed by atoms with E-state index in [9.17, 15) is 4.79 Å². The molecule has 29 heavy (non-hydrogen) atoms. The molecule has 0 saturated heterocycles. The first kappa shape index (κ1) is 20.3. The average Bonchev–Trinajstić information content (AvgIpc) is 2.76. The SMILES string of the molecule is COc1ccccc1CCNC(=O)CCNc1ccccc1Oc1ccccc1. The number of methoxy groups -OCH3 is 1. The zero-order valence-corrected chi connectivity index (χ0v) is 16.6. The lowest BCUT2D eigenvalue weighted by Gasteiger charge is -2.13. The minimum Gasteiger partial charge on any atom is -0.496 e. The monoisotopic (exact) mass is 390 g/mol. The van der Waals surface area contributed by atoms with Crippen molar-refractivity contribution in [1.82, 2.24) is 5.32 Å². The van der Waals surface area contributed by atoms with Crippen LogP contribution in [0.15, 0.2) is 78.9 Å². The van der Waals surface area contributed by atoms with Crippen LogP contribution < -0.4 is 20.1 Å². The van der Waals surface area contributed by atoms with Crippen LogP contribution in [0.4, 0.5) is 5.69 Å². The van der Waals surface area contributed by atoms with Gasteiger partial charge in [0.1, 0.15) is 11.5 Å². The van der Waals surface area contributed by atoms with Crippen LogP contribution in [0.3, 0.4) is 0 Å². The Morgan fingerprint density at radius 3 is 2.31 bits per heavy atom. The maximum atomic E-state index is 12.1. The molecule has 0 atom stereocenters. The van der Waals surface area contributed by atoms with Gasteiger partial charge in [-0.25, -0.2) is 0 Å². The second-order valence-electron chi connectivity index (χ2n) is 6.50. The van der Waals surface area contributed by atoms with Gasteiger partial charge >= 0.3 is 0 Å². The molecule has 0 fully saturated rings. The summed E-state index contributed by atoms with van der Waals surface area (Å²) in [7, 11) is 1.66. The molecule has 0 unspecified atom stereocenters. The molecule has 2 N–H and O–H groups in total. The molecule has 150 valence electrons. The van der Waals surface area contributed by atoms with Gasteiger partial charge in [-0.2, -0.15) is 0 Å². The Balaban J connectivity index is 1.43. The largest absolute Gasteiger partial charge is 0.496 e. The zero-order chi connectivity index (χ0) is 20.3. The molecule has 0 bridgehead atoms. The number of rotatable bonds is 10. The van der Waals surface area contributed by atoms with Gasteiger partial charge in [0.15, 0.2) is 5.75 Å². The number of hydrogen-bond donors (Lipinski definition) is 2. The van der Waals surface area contributed by atoms with Gasteiger partial charge in [-0.05, 0) is 42.3 Å². The van der Waals surface area contributed by atoms with Gasteiger partial charge < -0.3 is 20.1 Å². The highest BCUT2D eigenvalue weighted by molar-refractivity contribution is 5.76. The zero-order valence-electron chi connectivity index (χ0n) is 16.6. The summed E-state index contributed by atoms with van der Waals surface area (Å²) in [5.41, 5.74) is 1.94. The number of nitrogens with one attached hydrogen (secondary N) is 2. The van der Waals surface area contributed by atoms with Crippen molar-refractivity contribution in [1.29, 1.82) is 0 Å². The number of amides is 1. The second kappa shape index (κ2) is 10.8. The standard InChI is InChI=1S/C24H26N2O3/c1-28-22-13-7-5-9-19(22)15-17-26-24(27)16-18-25-21-12-6-8-14-23(21)29-20-10-3-2-4-11-20/h2-14,25H,15-18H2,1H3,(H,26,27). The van der Waals surface area contributed by atoms with E-state index < -0.39 is 0 Å². The van der Waals surface area contributed by atoms with E-state index in [2.05, 4.69) is 10.6 Å². The Bertz CT molecular complexity index is 913. The molecule has 5 heteroatoms. The van der Waals surface area contributed by atoms with Gasteiger partial charge in [0, 0.05) is 19.5 Å². The molecule has 3 aromatic carbocycles. The summed E-state index contributed by atoms with van der Waals surface area (Å²) >= 11 is 0. The maximum Gasteiger partial charge on any atom is 0.221 e. The summed E-state index contributed by atoms with van der Waals surface area (Å²) in [6.45, 7) is 1.10. The third-order valence-corrected chi connectivity index (χ3v) is 4.43. The molecule has 0 aromatic heterocycles. The fraction of sp³-hybridized carbons (Fsp3) is 0.208. The molecule has 5 nitrogen and oxygen atoms in total. The molecule has 1 amide bonds. The molecule has 0 aliphatic carbocycles. The van der Waals surface area contributed by atoms with Crippen LogP contribution in [-0.2, 0) is 11.2 Å². The summed E-state index contributed by atoms with van der Waals surface area (Å²) in [5.74, 6) is 2.36. The predicted octanol–water partition coefficient (Wildman–Crippen LogP) is 4.65. The first-order valence-electron chi connectivity index (χ1n) is 9.70. The van der Waals surface area contributed by atoms with Gasteiger partial charge in [-0.15, -0.1) is 0 Å². The Morgan fingerprint density at radius 1 is 0.828 bits per heavy atom. The number of anilines is 1. The molecular weight excluding hydrogens is 364 g/mol. The highest BCUT2D eigenvalue weighted by Crippen LogP contribution is 2.28. The van der Waals surface area contributed by atoms with Gasteiger partial charge in [0.05, 0.1) is 12.8 Å². The first-order chi connectivity index (χ1) is 14.3. The molecule has 3 aromatic rings. The lowest BCUT2D eigenvalue weighted by Crippen LogP contribution is -2.27. The Morgan fingerprint density at radius 2 is 1.52 bits per heavy atom. The van der Waals surface area contributed by atoms with Crippen molar-refractivity contribution >= 4 is 11.6 Å². The van der Waals surface area contributed by atoms with Crippen LogP contribution in [-0.4, -0.2) is 26.1 Å². The molecule has 0 aliphatic heterocycles. The van der Waals surface area contributed by atoms with E-state index in [-0.39, 0.29) is 5.91 Å². The van der Waals surface area contributed by atoms with E-state index in [0.717, 1.165) is 34.9 Å². The van der Waals surface area contributed by atoms with Crippen molar-refractivity contribution < 1.29 is 14.3 Å². The Labute approximate surface area is 171 Å². The van der Waals surface area contributed by atoms with Crippen molar-refractivity contribution in [2.24, 2.45) is 0 Å². The molecule has 0 saturated carbocycles. The number of hydrogen-bond acceptors (Lipinski definition) is 4. The van der Waals surface area contributed by atoms with Gasteiger partial charge in [-0.3, -0.25) is 4.79 Å². The number of carbonyl (C=O) groups excluding carboxylic acids is 1. The van der Waals surface area contributed by atoms with Gasteiger partial charge in [-0.1, -0.05) is 48.5 Å². The van der Waals surface area contributed by atoms with E-state index in [1.54, 1.807) is 7.11 Å². The number of ether oxygens (including phenoxy) is 2. The first-order valence-corrected chi connectivity index (χ1v) is 9.70. The summed E-state index contributed by atoms with van der Waals surface area (Å²) in [4.78, 5) is 12.1. The number of para-hydroxylation sites is 4. The normalized spacial score (nSPS) is 10.2. The molecule has 3 rings (SSSR count). The fourth-order valence-electron chi connectivity index (χ4n) is 2.96. The molecular formula is C24H26N2O3. The number of benzene rings is 3. The summed E-state index contributed by atoms with van der Waals surface area (Å²) in [6, 6.07) is 25.2. The van der Waals surface area contributed by atoms with Crippen molar-refractivity contribution in [3.63, 3.8) is 0 Å². The lowest BCUT2D eigenvalue weighted by atomic mass is 10.1. The fourth-order valence-corrected chi connectivity index (χ4v) is 2.96. The lowest BCUT2D eigenvalue weighted by molar-refractivity contribution is -0.120. The Hall–Kier alpha value is -3.47. The van der Waals surface area contributed by atoms with Crippen LogP contribution in [0.1, 0.15) is 12.0 Å². The van der Waals surface area contributed by atoms with Crippen molar-refractivity contribution in [2.45, 2.75) is 12.8 Å². The summed E-state index contributed by atoms with van der Waals surface area (Å²) in [6.07, 6.45) is 1.11. The minimum atomic E-state index is 0.00820. The van der Waals surface area contributed by atoms with E-state index in [4.69, 9.17) is 9.47 Å². The van der Waals surface area contributed by atoms with Crippen LogP contribution in [0.5, 0.6) is 17.2 Å². The van der Waals surface area contributed by atoms with Crippen LogP contribution >= 0.6 is 0 Å². The van der Waals surface area contributed by atoms with Crippen LogP contribution in [0, 0.1) is 0 Å². The van der Waals surface area contributed by atoms with Crippen molar-refractivity contribution in [3.8, 4) is 17.2 Å². The van der Waals surface area contributed by atoms with E-state index >= 15 is 0 Å². The van der Waals surface area contributed by atoms with Crippen molar-refractivity contribution in [2.75, 3.05) is 25.5 Å². The van der Waals surface area contributed by atoms with Crippen LogP contribution in [0.25, 0.3) is 0 Å². The highest BCUT2D eigenvalue weighted by atomic mass is 16.5. The average molecular weight is 390 g/mol. The van der Waals surface area contributed by atoms with E-state index in [1.807, 2.05) is 78.9 Å². The summed E-state index contributed by atoms with van der Waals surface area (Å²) in [5, 5.41) is 6.24. The second-order valence-corrected chi connectivity index (χ2v) is 6.50. The van der Waals surface area contributed by atoms with E-state index in [1.165, 1.54) is 0 Å². The molecule has 0 radical (unpaired) electrons. The molecule has 0 spiro atoms. The predicted molar refractivity (Wildman–Crippen MR) is 116 cm³/mol. The van der Waals surface area contributed by atoms with E-state index in [0.29, 0.717) is 19.5 Å². The molecule has 0 heterocycles. The maximum absolute atomic E-state index is 12.1. The van der Waals surface area contributed by atoms with Gasteiger partial charge in [0.25, 0.3) is 0 Å². The highest BCUT2D eigenvalue weighted by Gasteiger charge is 2.07. The minimum absolute atomic E-state index is 0.00820. The smallest absolute Gasteiger partial charge is 0.221 e. The van der Waals surface area contributed by atoms with Gasteiger partial charge in [0.2, 0.25) is 5.91 Å². The van der Waals surface area contributed by atoms with Crippen molar-refractivity contribution in [3.05, 3.63) is 84.4 Å².